The standard InChI is InChI=1S/C12H20N2O2S/c1-6-14(11(15)16-12(3,4)5)7-10-13-9(2)8-17-10/h8H,6-7H2,1-5H3. The van der Waals surface area contributed by atoms with Gasteiger partial charge >= 0.3 is 6.09 Å². The van der Waals surface area contributed by atoms with E-state index < -0.39 is 5.60 Å². The quantitative estimate of drug-likeness (QED) is 0.834. The van der Waals surface area contributed by atoms with Gasteiger partial charge in [-0.2, -0.15) is 0 Å². The summed E-state index contributed by atoms with van der Waals surface area (Å²) in [5, 5.41) is 2.92. The van der Waals surface area contributed by atoms with Gasteiger partial charge in [-0.05, 0) is 34.6 Å². The highest BCUT2D eigenvalue weighted by atomic mass is 32.1. The predicted octanol–water partition coefficient (Wildman–Crippen LogP) is 3.21. The van der Waals surface area contributed by atoms with Crippen LogP contribution < -0.4 is 0 Å². The normalized spacial score (nSPS) is 11.4. The fourth-order valence-electron chi connectivity index (χ4n) is 1.27. The van der Waals surface area contributed by atoms with Crippen molar-refractivity contribution in [3.63, 3.8) is 0 Å². The number of carbonyl (C=O) groups excluding carboxylic acids is 1. The summed E-state index contributed by atoms with van der Waals surface area (Å²) in [5.41, 5.74) is 0.536. The number of hydrogen-bond donors (Lipinski definition) is 0. The van der Waals surface area contributed by atoms with E-state index in [-0.39, 0.29) is 6.09 Å². The summed E-state index contributed by atoms with van der Waals surface area (Å²) in [7, 11) is 0. The van der Waals surface area contributed by atoms with Crippen LogP contribution in [0.1, 0.15) is 38.4 Å². The number of rotatable bonds is 3. The lowest BCUT2D eigenvalue weighted by Gasteiger charge is -2.25. The van der Waals surface area contributed by atoms with Crippen LogP contribution in [0.3, 0.4) is 0 Å². The molecule has 0 saturated heterocycles. The maximum atomic E-state index is 11.9. The van der Waals surface area contributed by atoms with E-state index in [2.05, 4.69) is 4.98 Å². The Bertz CT molecular complexity index is 382. The van der Waals surface area contributed by atoms with E-state index in [1.165, 1.54) is 0 Å². The third-order valence-corrected chi connectivity index (χ3v) is 2.98. The molecule has 0 unspecified atom stereocenters. The maximum Gasteiger partial charge on any atom is 0.410 e. The number of amides is 1. The second-order valence-electron chi connectivity index (χ2n) is 4.88. The van der Waals surface area contributed by atoms with Gasteiger partial charge in [-0.15, -0.1) is 11.3 Å². The lowest BCUT2D eigenvalue weighted by atomic mass is 10.2. The summed E-state index contributed by atoms with van der Waals surface area (Å²) in [5.74, 6) is 0. The number of hydrogen-bond acceptors (Lipinski definition) is 4. The molecule has 0 aromatic carbocycles. The molecule has 0 spiro atoms. The van der Waals surface area contributed by atoms with E-state index in [1.54, 1.807) is 16.2 Å². The molecule has 1 rings (SSSR count). The van der Waals surface area contributed by atoms with Crippen molar-refractivity contribution >= 4 is 17.4 Å². The Morgan fingerprint density at radius 3 is 2.59 bits per heavy atom. The first-order valence-corrected chi connectivity index (χ1v) is 6.58. The summed E-state index contributed by atoms with van der Waals surface area (Å²) in [6, 6.07) is 0. The van der Waals surface area contributed by atoms with Crippen LogP contribution >= 0.6 is 11.3 Å². The van der Waals surface area contributed by atoms with Crippen LogP contribution in [-0.2, 0) is 11.3 Å². The highest BCUT2D eigenvalue weighted by molar-refractivity contribution is 7.09. The molecule has 0 radical (unpaired) electrons. The van der Waals surface area contributed by atoms with Crippen LogP contribution in [-0.4, -0.2) is 28.1 Å². The molecule has 5 heteroatoms. The van der Waals surface area contributed by atoms with Crippen LogP contribution in [0.25, 0.3) is 0 Å². The Morgan fingerprint density at radius 1 is 1.53 bits per heavy atom. The number of aryl methyl sites for hydroxylation is 1. The van der Waals surface area contributed by atoms with E-state index in [9.17, 15) is 4.79 Å². The van der Waals surface area contributed by atoms with Crippen molar-refractivity contribution in [1.29, 1.82) is 0 Å². The summed E-state index contributed by atoms with van der Waals surface area (Å²) in [4.78, 5) is 17.9. The van der Waals surface area contributed by atoms with Crippen molar-refractivity contribution in [2.75, 3.05) is 6.54 Å². The molecule has 4 nitrogen and oxygen atoms in total. The van der Waals surface area contributed by atoms with Crippen molar-refractivity contribution in [3.8, 4) is 0 Å². The molecular formula is C12H20N2O2S. The third kappa shape index (κ3) is 4.73. The number of aromatic nitrogens is 1. The minimum atomic E-state index is -0.455. The first-order chi connectivity index (χ1) is 7.81. The molecule has 1 amide bonds. The first kappa shape index (κ1) is 14.0. The average Bonchev–Trinajstić information content (AvgIpc) is 2.57. The van der Waals surface area contributed by atoms with Crippen LogP contribution in [0.2, 0.25) is 0 Å². The molecule has 1 heterocycles. The van der Waals surface area contributed by atoms with Crippen molar-refractivity contribution in [3.05, 3.63) is 16.1 Å². The van der Waals surface area contributed by atoms with Crippen LogP contribution in [0, 0.1) is 6.92 Å². The number of ether oxygens (including phenoxy) is 1. The van der Waals surface area contributed by atoms with Gasteiger partial charge in [-0.1, -0.05) is 0 Å². The summed E-state index contributed by atoms with van der Waals surface area (Å²) in [6.45, 7) is 10.6. The summed E-state index contributed by atoms with van der Waals surface area (Å²) in [6.07, 6.45) is -0.284. The number of carbonyl (C=O) groups is 1. The lowest BCUT2D eigenvalue weighted by Crippen LogP contribution is -2.36. The summed E-state index contributed by atoms with van der Waals surface area (Å²) < 4.78 is 5.33. The van der Waals surface area contributed by atoms with E-state index in [1.807, 2.05) is 40.0 Å². The van der Waals surface area contributed by atoms with Gasteiger partial charge in [0.15, 0.2) is 0 Å². The number of nitrogens with zero attached hydrogens (tertiary/aromatic N) is 2. The zero-order valence-corrected chi connectivity index (χ0v) is 11.9. The van der Waals surface area contributed by atoms with Gasteiger partial charge in [0.25, 0.3) is 0 Å². The largest absolute Gasteiger partial charge is 0.444 e. The predicted molar refractivity (Wildman–Crippen MR) is 69.2 cm³/mol. The van der Waals surface area contributed by atoms with Gasteiger partial charge in [0.2, 0.25) is 0 Å². The molecule has 0 aliphatic carbocycles. The van der Waals surface area contributed by atoms with E-state index in [0.29, 0.717) is 13.1 Å². The molecule has 1 aromatic rings. The van der Waals surface area contributed by atoms with E-state index in [4.69, 9.17) is 4.74 Å². The Morgan fingerprint density at radius 2 is 2.18 bits per heavy atom. The maximum absolute atomic E-state index is 11.9. The van der Waals surface area contributed by atoms with E-state index in [0.717, 1.165) is 10.7 Å². The molecule has 0 atom stereocenters. The van der Waals surface area contributed by atoms with Gasteiger partial charge < -0.3 is 9.64 Å². The third-order valence-electron chi connectivity index (χ3n) is 2.03. The average molecular weight is 256 g/mol. The van der Waals surface area contributed by atoms with Crippen molar-refractivity contribution in [2.45, 2.75) is 46.8 Å². The van der Waals surface area contributed by atoms with Crippen LogP contribution in [0.5, 0.6) is 0 Å². The molecule has 0 N–H and O–H groups in total. The molecule has 0 aliphatic rings. The SMILES string of the molecule is CCN(Cc1nc(C)cs1)C(=O)OC(C)(C)C. The summed E-state index contributed by atoms with van der Waals surface area (Å²) >= 11 is 1.57. The Labute approximate surface area is 107 Å². The molecular weight excluding hydrogens is 236 g/mol. The zero-order valence-electron chi connectivity index (χ0n) is 11.1. The van der Waals surface area contributed by atoms with Gasteiger partial charge in [0, 0.05) is 17.6 Å². The monoisotopic (exact) mass is 256 g/mol. The van der Waals surface area contributed by atoms with Gasteiger partial charge in [0.05, 0.1) is 6.54 Å². The Kier molecular flexibility index (Phi) is 4.51. The van der Waals surface area contributed by atoms with Gasteiger partial charge in [-0.25, -0.2) is 9.78 Å². The fourth-order valence-corrected chi connectivity index (χ4v) is 2.06. The first-order valence-electron chi connectivity index (χ1n) is 5.70. The van der Waals surface area contributed by atoms with Gasteiger partial charge in [0.1, 0.15) is 10.6 Å². The second-order valence-corrected chi connectivity index (χ2v) is 5.82. The van der Waals surface area contributed by atoms with Crippen LogP contribution in [0.4, 0.5) is 4.79 Å². The number of thiazole rings is 1. The Balaban J connectivity index is 2.62. The Hall–Kier alpha value is -1.10. The molecule has 0 bridgehead atoms. The topological polar surface area (TPSA) is 42.4 Å². The molecule has 1 aromatic heterocycles. The van der Waals surface area contributed by atoms with Gasteiger partial charge in [-0.3, -0.25) is 0 Å². The minimum absolute atomic E-state index is 0.284. The molecule has 96 valence electrons. The zero-order chi connectivity index (χ0) is 13.1. The van der Waals surface area contributed by atoms with Crippen LogP contribution in [0.15, 0.2) is 5.38 Å². The highest BCUT2D eigenvalue weighted by Crippen LogP contribution is 2.15. The minimum Gasteiger partial charge on any atom is -0.444 e. The molecule has 0 saturated carbocycles. The van der Waals surface area contributed by atoms with Crippen molar-refractivity contribution in [1.82, 2.24) is 9.88 Å². The molecule has 0 fully saturated rings. The lowest BCUT2D eigenvalue weighted by molar-refractivity contribution is 0.0244. The molecule has 0 aliphatic heterocycles. The fraction of sp³-hybridized carbons (Fsp3) is 0.667. The second kappa shape index (κ2) is 5.49. The smallest absolute Gasteiger partial charge is 0.410 e. The van der Waals surface area contributed by atoms with Crippen molar-refractivity contribution in [2.24, 2.45) is 0 Å². The highest BCUT2D eigenvalue weighted by Gasteiger charge is 2.21. The molecule has 17 heavy (non-hydrogen) atoms. The van der Waals surface area contributed by atoms with Crippen molar-refractivity contribution < 1.29 is 9.53 Å². The van der Waals surface area contributed by atoms with E-state index >= 15 is 0 Å².